The SMILES string of the molecule is Cc1ccc(C(=O)Nc2nc3c(s2)c(C(=O)N2CCC[C@H]2CO)nn3C)cc1. The summed E-state index contributed by atoms with van der Waals surface area (Å²) in [5.41, 5.74) is 2.48. The molecule has 1 aliphatic rings. The zero-order valence-corrected chi connectivity index (χ0v) is 16.5. The first-order valence-corrected chi connectivity index (χ1v) is 9.93. The topological polar surface area (TPSA) is 100 Å². The van der Waals surface area contributed by atoms with Crippen LogP contribution in [0.15, 0.2) is 24.3 Å². The van der Waals surface area contributed by atoms with E-state index in [2.05, 4.69) is 15.4 Å². The van der Waals surface area contributed by atoms with E-state index in [9.17, 15) is 14.7 Å². The number of carbonyl (C=O) groups is 2. The molecule has 2 amide bonds. The Bertz CT molecular complexity index is 1040. The summed E-state index contributed by atoms with van der Waals surface area (Å²) >= 11 is 1.23. The first-order chi connectivity index (χ1) is 13.5. The molecule has 4 rings (SSSR count). The molecule has 1 aliphatic heterocycles. The van der Waals surface area contributed by atoms with Crippen LogP contribution in [0.2, 0.25) is 0 Å². The molecule has 0 saturated carbocycles. The van der Waals surface area contributed by atoms with Crippen LogP contribution < -0.4 is 5.32 Å². The molecule has 9 heteroatoms. The minimum absolute atomic E-state index is 0.0533. The molecule has 0 radical (unpaired) electrons. The lowest BCUT2D eigenvalue weighted by Crippen LogP contribution is -2.37. The Labute approximate surface area is 165 Å². The highest BCUT2D eigenvalue weighted by molar-refractivity contribution is 7.22. The van der Waals surface area contributed by atoms with Crippen LogP contribution in [0.1, 0.15) is 39.3 Å². The number of nitrogens with zero attached hydrogens (tertiary/aromatic N) is 4. The fourth-order valence-electron chi connectivity index (χ4n) is 3.42. The molecular formula is C19H21N5O3S. The number of aliphatic hydroxyl groups is 1. The van der Waals surface area contributed by atoms with Crippen molar-refractivity contribution in [2.45, 2.75) is 25.8 Å². The number of hydrogen-bond donors (Lipinski definition) is 2. The minimum Gasteiger partial charge on any atom is -0.394 e. The summed E-state index contributed by atoms with van der Waals surface area (Å²) in [6.07, 6.45) is 1.66. The van der Waals surface area contributed by atoms with E-state index in [4.69, 9.17) is 0 Å². The lowest BCUT2D eigenvalue weighted by atomic mass is 10.1. The molecule has 1 fully saturated rings. The number of amides is 2. The van der Waals surface area contributed by atoms with Crippen molar-refractivity contribution in [1.82, 2.24) is 19.7 Å². The Hall–Kier alpha value is -2.78. The third kappa shape index (κ3) is 3.27. The van der Waals surface area contributed by atoms with Gasteiger partial charge in [-0.3, -0.25) is 14.9 Å². The zero-order valence-electron chi connectivity index (χ0n) is 15.7. The van der Waals surface area contributed by atoms with Crippen LogP contribution in [0.5, 0.6) is 0 Å². The third-order valence-corrected chi connectivity index (χ3v) is 5.93. The summed E-state index contributed by atoms with van der Waals surface area (Å²) in [7, 11) is 1.72. The third-order valence-electron chi connectivity index (χ3n) is 4.97. The number of aliphatic hydroxyl groups excluding tert-OH is 1. The van der Waals surface area contributed by atoms with E-state index >= 15 is 0 Å². The van der Waals surface area contributed by atoms with E-state index in [0.717, 1.165) is 18.4 Å². The van der Waals surface area contributed by atoms with E-state index in [1.807, 2.05) is 19.1 Å². The number of benzene rings is 1. The minimum atomic E-state index is -0.250. The molecule has 1 aromatic carbocycles. The van der Waals surface area contributed by atoms with Crippen LogP contribution in [0.4, 0.5) is 5.13 Å². The number of likely N-dealkylation sites (tertiary alicyclic amines) is 1. The fourth-order valence-corrected chi connectivity index (χ4v) is 4.39. The number of rotatable bonds is 4. The number of nitrogens with one attached hydrogen (secondary N) is 1. The first-order valence-electron chi connectivity index (χ1n) is 9.11. The molecule has 0 spiro atoms. The van der Waals surface area contributed by atoms with Crippen LogP contribution in [-0.4, -0.2) is 55.8 Å². The molecule has 2 aromatic heterocycles. The van der Waals surface area contributed by atoms with Crippen LogP contribution in [0.3, 0.4) is 0 Å². The van der Waals surface area contributed by atoms with Gasteiger partial charge in [-0.25, -0.2) is 4.68 Å². The molecule has 146 valence electrons. The molecular weight excluding hydrogens is 378 g/mol. The van der Waals surface area contributed by atoms with Gasteiger partial charge in [0.05, 0.1) is 12.6 Å². The smallest absolute Gasteiger partial charge is 0.276 e. The summed E-state index contributed by atoms with van der Waals surface area (Å²) in [6, 6.07) is 7.11. The summed E-state index contributed by atoms with van der Waals surface area (Å²) in [6.45, 7) is 2.52. The van der Waals surface area contributed by atoms with Crippen molar-refractivity contribution in [3.8, 4) is 0 Å². The summed E-state index contributed by atoms with van der Waals surface area (Å²) in [4.78, 5) is 31.5. The lowest BCUT2D eigenvalue weighted by molar-refractivity contribution is 0.0673. The largest absolute Gasteiger partial charge is 0.394 e. The quantitative estimate of drug-likeness (QED) is 0.700. The number of carbonyl (C=O) groups excluding carboxylic acids is 2. The average molecular weight is 399 g/mol. The van der Waals surface area contributed by atoms with Crippen molar-refractivity contribution in [3.63, 3.8) is 0 Å². The number of thiazole rings is 1. The van der Waals surface area contributed by atoms with E-state index < -0.39 is 0 Å². The van der Waals surface area contributed by atoms with E-state index in [0.29, 0.717) is 33.3 Å². The van der Waals surface area contributed by atoms with Crippen LogP contribution in [0, 0.1) is 6.92 Å². The van der Waals surface area contributed by atoms with Crippen LogP contribution >= 0.6 is 11.3 Å². The molecule has 3 heterocycles. The number of aryl methyl sites for hydroxylation is 2. The molecule has 0 bridgehead atoms. The van der Waals surface area contributed by atoms with Gasteiger partial charge < -0.3 is 10.0 Å². The van der Waals surface area contributed by atoms with Gasteiger partial charge in [-0.05, 0) is 31.9 Å². The van der Waals surface area contributed by atoms with Gasteiger partial charge in [-0.1, -0.05) is 29.0 Å². The Morgan fingerprint density at radius 1 is 1.32 bits per heavy atom. The van der Waals surface area contributed by atoms with Gasteiger partial charge in [0, 0.05) is 19.2 Å². The molecule has 0 aliphatic carbocycles. The zero-order chi connectivity index (χ0) is 19.8. The second-order valence-electron chi connectivity index (χ2n) is 6.94. The second kappa shape index (κ2) is 7.33. The van der Waals surface area contributed by atoms with Crippen molar-refractivity contribution < 1.29 is 14.7 Å². The van der Waals surface area contributed by atoms with Gasteiger partial charge in [-0.15, -0.1) is 0 Å². The van der Waals surface area contributed by atoms with E-state index in [-0.39, 0.29) is 24.5 Å². The maximum absolute atomic E-state index is 13.0. The van der Waals surface area contributed by atoms with E-state index in [1.165, 1.54) is 11.3 Å². The molecule has 1 saturated heterocycles. The van der Waals surface area contributed by atoms with Crippen molar-refractivity contribution in [2.75, 3.05) is 18.5 Å². The average Bonchev–Trinajstić information content (AvgIpc) is 3.38. The monoisotopic (exact) mass is 399 g/mol. The van der Waals surface area contributed by atoms with Gasteiger partial charge in [0.2, 0.25) is 0 Å². The maximum Gasteiger partial charge on any atom is 0.276 e. The van der Waals surface area contributed by atoms with Crippen molar-refractivity contribution in [1.29, 1.82) is 0 Å². The van der Waals surface area contributed by atoms with Crippen molar-refractivity contribution in [3.05, 3.63) is 41.1 Å². The van der Waals surface area contributed by atoms with Crippen molar-refractivity contribution >= 4 is 38.6 Å². The summed E-state index contributed by atoms with van der Waals surface area (Å²) in [5, 5.41) is 17.1. The fraction of sp³-hybridized carbons (Fsp3) is 0.368. The second-order valence-corrected chi connectivity index (χ2v) is 7.94. The summed E-state index contributed by atoms with van der Waals surface area (Å²) in [5.74, 6) is -0.456. The highest BCUT2D eigenvalue weighted by atomic mass is 32.1. The highest BCUT2D eigenvalue weighted by Crippen LogP contribution is 2.31. The van der Waals surface area contributed by atoms with Crippen molar-refractivity contribution in [2.24, 2.45) is 7.05 Å². The maximum atomic E-state index is 13.0. The molecule has 8 nitrogen and oxygen atoms in total. The number of anilines is 1. The normalized spacial score (nSPS) is 16.7. The number of hydrogen-bond acceptors (Lipinski definition) is 6. The Kier molecular flexibility index (Phi) is 4.86. The van der Waals surface area contributed by atoms with Gasteiger partial charge in [0.25, 0.3) is 11.8 Å². The van der Waals surface area contributed by atoms with E-state index in [1.54, 1.807) is 28.8 Å². The molecule has 0 unspecified atom stereocenters. The number of fused-ring (bicyclic) bond motifs is 1. The Morgan fingerprint density at radius 2 is 2.07 bits per heavy atom. The lowest BCUT2D eigenvalue weighted by Gasteiger charge is -2.21. The molecule has 28 heavy (non-hydrogen) atoms. The predicted molar refractivity (Wildman–Crippen MR) is 107 cm³/mol. The van der Waals surface area contributed by atoms with Crippen LogP contribution in [0.25, 0.3) is 10.3 Å². The van der Waals surface area contributed by atoms with Gasteiger partial charge in [0.15, 0.2) is 16.5 Å². The standard InChI is InChI=1S/C19H21N5O3S/c1-11-5-7-12(8-6-11)17(26)21-19-20-16-15(28-19)14(22-23(16)2)18(27)24-9-3-4-13(24)10-25/h5-8,13,25H,3-4,9-10H2,1-2H3,(H,20,21,26)/t13-/m0/s1. The number of aromatic nitrogens is 3. The van der Waals surface area contributed by atoms with Gasteiger partial charge in [0.1, 0.15) is 4.70 Å². The molecule has 2 N–H and O–H groups in total. The predicted octanol–water partition coefficient (Wildman–Crippen LogP) is 2.19. The highest BCUT2D eigenvalue weighted by Gasteiger charge is 2.32. The Morgan fingerprint density at radius 3 is 2.79 bits per heavy atom. The van der Waals surface area contributed by atoms with Gasteiger partial charge in [-0.2, -0.15) is 10.1 Å². The van der Waals surface area contributed by atoms with Crippen LogP contribution in [-0.2, 0) is 7.05 Å². The Balaban J connectivity index is 1.61. The summed E-state index contributed by atoms with van der Waals surface area (Å²) < 4.78 is 2.18. The molecule has 1 atom stereocenters. The van der Waals surface area contributed by atoms with Gasteiger partial charge >= 0.3 is 0 Å². The first kappa shape index (κ1) is 18.6. The molecule has 3 aromatic rings.